The molecule has 0 saturated heterocycles. The van der Waals surface area contributed by atoms with Gasteiger partial charge in [-0.25, -0.2) is 0 Å². The van der Waals surface area contributed by atoms with Crippen LogP contribution < -0.4 is 10.9 Å². The van der Waals surface area contributed by atoms with Gasteiger partial charge in [0.05, 0.1) is 5.56 Å². The maximum Gasteiger partial charge on any atom is 0.273 e. The van der Waals surface area contributed by atoms with Crippen LogP contribution in [0.3, 0.4) is 0 Å². The van der Waals surface area contributed by atoms with Crippen molar-refractivity contribution in [2.45, 2.75) is 40.0 Å². The number of hydrogen-bond donors (Lipinski definition) is 3. The van der Waals surface area contributed by atoms with Crippen molar-refractivity contribution in [2.24, 2.45) is 11.3 Å². The van der Waals surface area contributed by atoms with Crippen molar-refractivity contribution < 1.29 is 9.90 Å². The summed E-state index contributed by atoms with van der Waals surface area (Å²) in [6.07, 6.45) is 5.22. The number of phenolic OH excluding ortho intramolecular Hbond substituents is 1. The number of nitrogens with one attached hydrogen (secondary N) is 2. The van der Waals surface area contributed by atoms with E-state index in [0.717, 1.165) is 35.7 Å². The van der Waals surface area contributed by atoms with E-state index in [9.17, 15) is 9.90 Å². The zero-order chi connectivity index (χ0) is 18.0. The number of hydrogen-bond acceptors (Lipinski definition) is 3. The second-order valence-corrected chi connectivity index (χ2v) is 7.86. The molecule has 1 aliphatic rings. The fourth-order valence-corrected chi connectivity index (χ4v) is 3.35. The van der Waals surface area contributed by atoms with Crippen LogP contribution in [0.4, 0.5) is 0 Å². The Morgan fingerprint density at radius 1 is 1.16 bits per heavy atom. The molecule has 1 atom stereocenters. The van der Waals surface area contributed by atoms with E-state index < -0.39 is 0 Å². The zero-order valence-corrected chi connectivity index (χ0v) is 15.1. The third-order valence-corrected chi connectivity index (χ3v) is 5.08. The lowest BCUT2D eigenvalue weighted by Gasteiger charge is -2.33. The van der Waals surface area contributed by atoms with Gasteiger partial charge in [0.25, 0.3) is 5.91 Å². The quantitative estimate of drug-likeness (QED) is 0.722. The number of carbonyl (C=O) groups is 1. The van der Waals surface area contributed by atoms with Crippen LogP contribution in [0.15, 0.2) is 48.2 Å². The Balaban J connectivity index is 1.66. The Bertz CT molecular complexity index is 818. The number of hydrazine groups is 1. The predicted octanol–water partition coefficient (Wildman–Crippen LogP) is 4.51. The van der Waals surface area contributed by atoms with Gasteiger partial charge >= 0.3 is 0 Å². The highest BCUT2D eigenvalue weighted by molar-refractivity contribution is 6.01. The second-order valence-electron chi connectivity index (χ2n) is 7.86. The molecule has 1 amide bonds. The molecule has 0 heterocycles. The van der Waals surface area contributed by atoms with Crippen molar-refractivity contribution in [3.8, 4) is 5.75 Å². The minimum atomic E-state index is -0.331. The van der Waals surface area contributed by atoms with Gasteiger partial charge in [0.2, 0.25) is 0 Å². The Kier molecular flexibility index (Phi) is 4.71. The molecule has 1 aliphatic carbocycles. The Labute approximate surface area is 148 Å². The van der Waals surface area contributed by atoms with Gasteiger partial charge in [-0.05, 0) is 53.5 Å². The number of allylic oxidation sites excluding steroid dienone is 2. The number of carbonyl (C=O) groups excluding carboxylic acids is 1. The van der Waals surface area contributed by atoms with Crippen molar-refractivity contribution in [3.05, 3.63) is 53.7 Å². The SMILES string of the molecule is CC(C)(C)C1CC=C(NNC(=O)c2cc3ccccc3cc2O)CC1. The summed E-state index contributed by atoms with van der Waals surface area (Å²) in [5.74, 6) is 0.323. The standard InChI is InChI=1S/C21H26N2O2/c1-21(2,3)16-8-10-17(11-9-16)22-23-20(25)18-12-14-6-4-5-7-15(14)13-19(18)24/h4-7,10,12-13,16,22,24H,8-9,11H2,1-3H3,(H,23,25). The summed E-state index contributed by atoms with van der Waals surface area (Å²) >= 11 is 0. The Morgan fingerprint density at radius 2 is 1.84 bits per heavy atom. The van der Waals surface area contributed by atoms with E-state index in [-0.39, 0.29) is 17.2 Å². The van der Waals surface area contributed by atoms with E-state index in [4.69, 9.17) is 0 Å². The largest absolute Gasteiger partial charge is 0.507 e. The molecular formula is C21H26N2O2. The number of rotatable bonds is 3. The van der Waals surface area contributed by atoms with Crippen LogP contribution in [-0.4, -0.2) is 11.0 Å². The number of phenols is 1. The average Bonchev–Trinajstić information content (AvgIpc) is 2.58. The molecule has 2 aromatic carbocycles. The molecule has 2 aromatic rings. The molecule has 132 valence electrons. The van der Waals surface area contributed by atoms with Gasteiger partial charge in [0, 0.05) is 5.70 Å². The molecule has 0 bridgehead atoms. The first-order valence-electron chi connectivity index (χ1n) is 8.82. The van der Waals surface area contributed by atoms with E-state index in [0.29, 0.717) is 11.3 Å². The smallest absolute Gasteiger partial charge is 0.273 e. The molecule has 0 aromatic heterocycles. The van der Waals surface area contributed by atoms with E-state index in [1.807, 2.05) is 24.3 Å². The van der Waals surface area contributed by atoms with Crippen LogP contribution in [0, 0.1) is 11.3 Å². The van der Waals surface area contributed by atoms with Crippen LogP contribution in [0.2, 0.25) is 0 Å². The third-order valence-electron chi connectivity index (χ3n) is 5.08. The molecule has 3 rings (SSSR count). The maximum atomic E-state index is 12.4. The first-order chi connectivity index (χ1) is 11.8. The molecule has 3 N–H and O–H groups in total. The maximum absolute atomic E-state index is 12.4. The highest BCUT2D eigenvalue weighted by Gasteiger charge is 2.26. The average molecular weight is 338 g/mol. The van der Waals surface area contributed by atoms with E-state index in [1.165, 1.54) is 0 Å². The molecule has 0 radical (unpaired) electrons. The van der Waals surface area contributed by atoms with E-state index in [2.05, 4.69) is 37.7 Å². The predicted molar refractivity (Wildman–Crippen MR) is 101 cm³/mol. The van der Waals surface area contributed by atoms with Crippen molar-refractivity contribution in [1.29, 1.82) is 0 Å². The van der Waals surface area contributed by atoms with Crippen LogP contribution in [0.1, 0.15) is 50.4 Å². The van der Waals surface area contributed by atoms with Gasteiger partial charge in [-0.15, -0.1) is 0 Å². The normalized spacial score (nSPS) is 17.9. The monoisotopic (exact) mass is 338 g/mol. The summed E-state index contributed by atoms with van der Waals surface area (Å²) in [5, 5.41) is 12.0. The van der Waals surface area contributed by atoms with Crippen molar-refractivity contribution in [1.82, 2.24) is 10.9 Å². The van der Waals surface area contributed by atoms with Crippen molar-refractivity contribution >= 4 is 16.7 Å². The molecule has 25 heavy (non-hydrogen) atoms. The molecule has 4 heteroatoms. The summed E-state index contributed by atoms with van der Waals surface area (Å²) in [4.78, 5) is 12.4. The molecule has 4 nitrogen and oxygen atoms in total. The third kappa shape index (κ3) is 3.95. The van der Waals surface area contributed by atoms with Gasteiger partial charge in [-0.3, -0.25) is 10.2 Å². The van der Waals surface area contributed by atoms with Gasteiger partial charge in [0.15, 0.2) is 0 Å². The zero-order valence-electron chi connectivity index (χ0n) is 15.1. The van der Waals surface area contributed by atoms with Gasteiger partial charge < -0.3 is 10.5 Å². The molecular weight excluding hydrogens is 312 g/mol. The van der Waals surface area contributed by atoms with Crippen LogP contribution in [0.5, 0.6) is 5.75 Å². The fourth-order valence-electron chi connectivity index (χ4n) is 3.35. The summed E-state index contributed by atoms with van der Waals surface area (Å²) in [6, 6.07) is 11.0. The van der Waals surface area contributed by atoms with E-state index >= 15 is 0 Å². The number of fused-ring (bicyclic) bond motifs is 1. The summed E-state index contributed by atoms with van der Waals surface area (Å²) < 4.78 is 0. The number of benzene rings is 2. The van der Waals surface area contributed by atoms with E-state index in [1.54, 1.807) is 12.1 Å². The molecule has 0 spiro atoms. The highest BCUT2D eigenvalue weighted by Crippen LogP contribution is 2.36. The van der Waals surface area contributed by atoms with Crippen LogP contribution in [0.25, 0.3) is 10.8 Å². The summed E-state index contributed by atoms with van der Waals surface area (Å²) in [6.45, 7) is 6.82. The lowest BCUT2D eigenvalue weighted by Crippen LogP contribution is -2.38. The Morgan fingerprint density at radius 3 is 2.44 bits per heavy atom. The first-order valence-corrected chi connectivity index (χ1v) is 8.82. The fraction of sp³-hybridized carbons (Fsp3) is 0.381. The van der Waals surface area contributed by atoms with Gasteiger partial charge in [0.1, 0.15) is 5.75 Å². The van der Waals surface area contributed by atoms with Crippen LogP contribution in [-0.2, 0) is 0 Å². The lowest BCUT2D eigenvalue weighted by atomic mass is 9.74. The summed E-state index contributed by atoms with van der Waals surface area (Å²) in [5.41, 5.74) is 7.35. The Hall–Kier alpha value is -2.49. The van der Waals surface area contributed by atoms with Crippen LogP contribution >= 0.6 is 0 Å². The number of aromatic hydroxyl groups is 1. The minimum Gasteiger partial charge on any atom is -0.507 e. The molecule has 1 unspecified atom stereocenters. The van der Waals surface area contributed by atoms with Crippen molar-refractivity contribution in [2.75, 3.05) is 0 Å². The van der Waals surface area contributed by atoms with Gasteiger partial charge in [-0.1, -0.05) is 51.1 Å². The molecule has 0 aliphatic heterocycles. The lowest BCUT2D eigenvalue weighted by molar-refractivity contribution is 0.0934. The minimum absolute atomic E-state index is 0.0107. The van der Waals surface area contributed by atoms with Crippen molar-refractivity contribution in [3.63, 3.8) is 0 Å². The molecule has 0 fully saturated rings. The molecule has 0 saturated carbocycles. The highest BCUT2D eigenvalue weighted by atomic mass is 16.3. The first kappa shape index (κ1) is 17.3. The van der Waals surface area contributed by atoms with Gasteiger partial charge in [-0.2, -0.15) is 0 Å². The second kappa shape index (κ2) is 6.79. The summed E-state index contributed by atoms with van der Waals surface area (Å²) in [7, 11) is 0. The topological polar surface area (TPSA) is 61.4 Å². The number of amides is 1.